The van der Waals surface area contributed by atoms with Gasteiger partial charge >= 0.3 is 6.03 Å². The molecule has 0 saturated heterocycles. The number of nitrogens with one attached hydrogen (secondary N) is 3. The molecule has 2 saturated carbocycles. The maximum absolute atomic E-state index is 14.0. The number of amides is 4. The van der Waals surface area contributed by atoms with Gasteiger partial charge in [0.05, 0.1) is 30.2 Å². The van der Waals surface area contributed by atoms with Crippen LogP contribution in [0.3, 0.4) is 0 Å². The molecule has 2 aliphatic carbocycles. The van der Waals surface area contributed by atoms with Crippen molar-refractivity contribution in [1.29, 1.82) is 0 Å². The smallest absolute Gasteiger partial charge is 0.317 e. The second-order valence-electron chi connectivity index (χ2n) is 14.0. The number of rotatable bonds is 10. The topological polar surface area (TPSA) is 169 Å². The highest BCUT2D eigenvalue weighted by molar-refractivity contribution is 7.91. The average Bonchev–Trinajstić information content (AvgIpc) is 4.01. The normalized spacial score (nSPS) is 23.5. The lowest BCUT2D eigenvalue weighted by Gasteiger charge is -2.26. The minimum atomic E-state index is -3.84. The molecule has 0 radical (unpaired) electrons. The number of fused-ring (bicyclic) bond motifs is 2. The summed E-state index contributed by atoms with van der Waals surface area (Å²) < 4.78 is 39.6. The van der Waals surface area contributed by atoms with E-state index < -0.39 is 44.7 Å². The molecule has 0 bridgehead atoms. The second kappa shape index (κ2) is 14.8. The maximum Gasteiger partial charge on any atom is 0.317 e. The molecule has 51 heavy (non-hydrogen) atoms. The molecule has 6 rings (SSSR count). The van der Waals surface area contributed by atoms with E-state index in [0.717, 1.165) is 40.9 Å². The van der Waals surface area contributed by atoms with E-state index in [-0.39, 0.29) is 31.3 Å². The summed E-state index contributed by atoms with van der Waals surface area (Å²) in [7, 11) is -0.567. The SMILES string of the molecule is COc1ccc2c(OCC[C@@H]3NC(=O)N(C)CCCC/C=C\[C@@H]4C[C@@]4(C(=O)NS(=O)(=O)C4CC4)NC3=O)cc(-c3nc(C(C)C)cs3)nc2c1C. The Morgan fingerprint density at radius 1 is 1.18 bits per heavy atom. The van der Waals surface area contributed by atoms with Gasteiger partial charge in [-0.3, -0.25) is 14.3 Å². The molecule has 4 amide bonds. The number of allylic oxidation sites excluding steroid dienone is 1. The molecule has 3 aliphatic rings. The molecule has 0 unspecified atom stereocenters. The van der Waals surface area contributed by atoms with Gasteiger partial charge in [0.2, 0.25) is 15.9 Å². The van der Waals surface area contributed by atoms with Crippen molar-refractivity contribution in [2.45, 2.75) is 88.5 Å². The van der Waals surface area contributed by atoms with Crippen LogP contribution in [0.15, 0.2) is 35.7 Å². The number of ether oxygens (including phenoxy) is 2. The lowest BCUT2D eigenvalue weighted by molar-refractivity contribution is -0.130. The third kappa shape index (κ3) is 7.98. The Bertz CT molecular complexity index is 1960. The first-order valence-electron chi connectivity index (χ1n) is 17.5. The summed E-state index contributed by atoms with van der Waals surface area (Å²) in [5.41, 5.74) is 1.69. The standard InChI is InChI=1S/C36H46N6O7S2/c1-21(2)28-20-50-33(38-28)27-18-30(25-13-14-29(48-5)22(3)31(25)37-27)49-17-15-26-32(43)40-36(34(44)41-51(46,47)24-11-12-24)19-23(36)10-8-6-7-9-16-42(4)35(45)39-26/h8,10,13-14,18,20-21,23-24,26H,6-7,9,11-12,15-17,19H2,1-5H3,(H,39,45)(H,40,43)(H,41,44)/b10-8-/t23-,26+,36-/m1/s1. The summed E-state index contributed by atoms with van der Waals surface area (Å²) >= 11 is 1.50. The fourth-order valence-corrected chi connectivity index (χ4v) is 8.56. The molecule has 15 heteroatoms. The summed E-state index contributed by atoms with van der Waals surface area (Å²) in [5, 5.41) is 8.59. The van der Waals surface area contributed by atoms with E-state index in [9.17, 15) is 22.8 Å². The number of hydrogen-bond acceptors (Lipinski definition) is 10. The fourth-order valence-electron chi connectivity index (χ4n) is 6.26. The van der Waals surface area contributed by atoms with E-state index in [2.05, 4.69) is 29.2 Å². The van der Waals surface area contributed by atoms with Crippen molar-refractivity contribution < 1.29 is 32.3 Å². The quantitative estimate of drug-likeness (QED) is 0.248. The molecule has 0 spiro atoms. The van der Waals surface area contributed by atoms with Gasteiger partial charge < -0.3 is 25.0 Å². The molecular weight excluding hydrogens is 693 g/mol. The second-order valence-corrected chi connectivity index (χ2v) is 16.8. The third-order valence-electron chi connectivity index (χ3n) is 9.77. The van der Waals surface area contributed by atoms with Crippen molar-refractivity contribution in [3.63, 3.8) is 0 Å². The van der Waals surface area contributed by atoms with Gasteiger partial charge in [-0.25, -0.2) is 23.2 Å². The molecule has 1 aliphatic heterocycles. The van der Waals surface area contributed by atoms with Gasteiger partial charge in [0.15, 0.2) is 0 Å². The van der Waals surface area contributed by atoms with E-state index >= 15 is 0 Å². The summed E-state index contributed by atoms with van der Waals surface area (Å²) in [6, 6.07) is 4.03. The van der Waals surface area contributed by atoms with Crippen molar-refractivity contribution >= 4 is 50.1 Å². The van der Waals surface area contributed by atoms with Crippen LogP contribution in [-0.2, 0) is 19.6 Å². The monoisotopic (exact) mass is 738 g/mol. The minimum absolute atomic E-state index is 0.0272. The lowest BCUT2D eigenvalue weighted by Crippen LogP contribution is -2.58. The number of urea groups is 1. The summed E-state index contributed by atoms with van der Waals surface area (Å²) in [4.78, 5) is 52.0. The molecule has 1 aromatic carbocycles. The highest BCUT2D eigenvalue weighted by Crippen LogP contribution is 2.46. The Morgan fingerprint density at radius 3 is 2.67 bits per heavy atom. The van der Waals surface area contributed by atoms with E-state index in [1.54, 1.807) is 14.2 Å². The largest absolute Gasteiger partial charge is 0.496 e. The lowest BCUT2D eigenvalue weighted by atomic mass is 10.1. The average molecular weight is 739 g/mol. The number of benzene rings is 1. The van der Waals surface area contributed by atoms with Crippen molar-refractivity contribution in [1.82, 2.24) is 30.2 Å². The van der Waals surface area contributed by atoms with Gasteiger partial charge in [-0.15, -0.1) is 11.3 Å². The number of carbonyl (C=O) groups excluding carboxylic acids is 3. The molecule has 2 fully saturated rings. The predicted octanol–water partition coefficient (Wildman–Crippen LogP) is 4.80. The van der Waals surface area contributed by atoms with Gasteiger partial charge in [0, 0.05) is 48.3 Å². The maximum atomic E-state index is 14.0. The molecule has 3 heterocycles. The predicted molar refractivity (Wildman–Crippen MR) is 195 cm³/mol. The first-order valence-corrected chi connectivity index (χ1v) is 19.9. The van der Waals surface area contributed by atoms with E-state index in [1.165, 1.54) is 16.2 Å². The fraction of sp³-hybridized carbons (Fsp3) is 0.528. The van der Waals surface area contributed by atoms with Gasteiger partial charge in [-0.05, 0) is 63.5 Å². The number of aromatic nitrogens is 2. The highest BCUT2D eigenvalue weighted by Gasteiger charge is 2.61. The van der Waals surface area contributed by atoms with Crippen molar-refractivity contribution in [2.75, 3.05) is 27.3 Å². The number of carbonyl (C=O) groups is 3. The first kappa shape index (κ1) is 36.5. The van der Waals surface area contributed by atoms with Gasteiger partial charge in [-0.2, -0.15) is 0 Å². The number of aryl methyl sites for hydroxylation is 1. The van der Waals surface area contributed by atoms with E-state index in [4.69, 9.17) is 19.4 Å². The summed E-state index contributed by atoms with van der Waals surface area (Å²) in [6.07, 6.45) is 7.46. The molecule has 3 atom stereocenters. The Morgan fingerprint density at radius 2 is 1.96 bits per heavy atom. The van der Waals surface area contributed by atoms with Crippen LogP contribution < -0.4 is 24.8 Å². The van der Waals surface area contributed by atoms with Crippen LogP contribution in [0.5, 0.6) is 11.5 Å². The molecular formula is C36H46N6O7S2. The van der Waals surface area contributed by atoms with Crippen LogP contribution in [0.2, 0.25) is 0 Å². The number of pyridine rings is 1. The summed E-state index contributed by atoms with van der Waals surface area (Å²) in [5.74, 6) is -0.273. The van der Waals surface area contributed by atoms with Crippen LogP contribution >= 0.6 is 11.3 Å². The Labute approximate surface area is 302 Å². The number of sulfonamides is 1. The minimum Gasteiger partial charge on any atom is -0.496 e. The zero-order valence-electron chi connectivity index (χ0n) is 29.7. The molecule has 274 valence electrons. The molecule has 3 N–H and O–H groups in total. The first-order chi connectivity index (χ1) is 24.3. The van der Waals surface area contributed by atoms with Crippen molar-refractivity contribution in [3.05, 3.63) is 47.0 Å². The number of thiazole rings is 1. The van der Waals surface area contributed by atoms with E-state index in [1.807, 2.05) is 42.7 Å². The number of methoxy groups -OCH3 is 1. The van der Waals surface area contributed by atoms with E-state index in [0.29, 0.717) is 42.1 Å². The van der Waals surface area contributed by atoms with Gasteiger partial charge in [0.1, 0.15) is 33.8 Å². The van der Waals surface area contributed by atoms with Crippen LogP contribution in [0, 0.1) is 12.8 Å². The Kier molecular flexibility index (Phi) is 10.6. The van der Waals surface area contributed by atoms with Gasteiger partial charge in [-0.1, -0.05) is 26.0 Å². The molecule has 2 aromatic heterocycles. The van der Waals surface area contributed by atoms with Crippen molar-refractivity contribution in [2.24, 2.45) is 5.92 Å². The number of hydrogen-bond donors (Lipinski definition) is 3. The van der Waals surface area contributed by atoms with Crippen LogP contribution in [-0.4, -0.2) is 85.3 Å². The highest BCUT2D eigenvalue weighted by atomic mass is 32.2. The van der Waals surface area contributed by atoms with Crippen LogP contribution in [0.25, 0.3) is 21.6 Å². The molecule has 3 aromatic rings. The molecule has 13 nitrogen and oxygen atoms in total. The third-order valence-corrected chi connectivity index (χ3v) is 12.5. The van der Waals surface area contributed by atoms with Gasteiger partial charge in [0.25, 0.3) is 5.91 Å². The Balaban J connectivity index is 1.27. The van der Waals surface area contributed by atoms with Crippen molar-refractivity contribution in [3.8, 4) is 22.2 Å². The Hall–Kier alpha value is -4.24. The summed E-state index contributed by atoms with van der Waals surface area (Å²) in [6.45, 7) is 6.62. The zero-order chi connectivity index (χ0) is 36.5. The van der Waals surface area contributed by atoms with Crippen LogP contribution in [0.4, 0.5) is 4.79 Å². The van der Waals surface area contributed by atoms with Crippen LogP contribution in [0.1, 0.15) is 76.0 Å². The zero-order valence-corrected chi connectivity index (χ0v) is 31.3. The number of nitrogens with zero attached hydrogens (tertiary/aromatic N) is 3.